The number of fused-ring (bicyclic) bond motifs is 1. The second kappa shape index (κ2) is 17.6. The Morgan fingerprint density at radius 1 is 0.880 bits per heavy atom. The topological polar surface area (TPSA) is 222 Å². The molecule has 0 aliphatic heterocycles. The molecule has 4 atom stereocenters. The van der Waals surface area contributed by atoms with Gasteiger partial charge in [-0.25, -0.2) is 4.79 Å². The Kier molecular flexibility index (Phi) is 13.8. The van der Waals surface area contributed by atoms with Crippen molar-refractivity contribution in [2.75, 3.05) is 12.0 Å². The van der Waals surface area contributed by atoms with E-state index in [2.05, 4.69) is 26.3 Å². The first-order chi connectivity index (χ1) is 23.5. The van der Waals surface area contributed by atoms with Crippen molar-refractivity contribution >= 4 is 58.4 Å². The van der Waals surface area contributed by atoms with Crippen LogP contribution in [0.3, 0.4) is 0 Å². The quantitative estimate of drug-likeness (QED) is 0.109. The van der Waals surface area contributed by atoms with Crippen LogP contribution in [-0.2, 0) is 41.6 Å². The number of alkyl carbamates (subject to hydrolysis) is 1. The van der Waals surface area contributed by atoms with Gasteiger partial charge in [0.25, 0.3) is 0 Å². The van der Waals surface area contributed by atoms with Crippen molar-refractivity contribution in [1.29, 1.82) is 0 Å². The van der Waals surface area contributed by atoms with E-state index in [1.165, 1.54) is 18.7 Å². The predicted molar refractivity (Wildman–Crippen MR) is 190 cm³/mol. The molecule has 1 heterocycles. The van der Waals surface area contributed by atoms with Gasteiger partial charge < -0.3 is 41.8 Å². The van der Waals surface area contributed by atoms with Gasteiger partial charge in [-0.3, -0.25) is 24.0 Å². The summed E-state index contributed by atoms with van der Waals surface area (Å²) in [6, 6.07) is 12.2. The van der Waals surface area contributed by atoms with E-state index >= 15 is 0 Å². The number of ether oxygens (including phenoxy) is 1. The first-order valence-corrected chi connectivity index (χ1v) is 17.4. The van der Waals surface area contributed by atoms with Crippen molar-refractivity contribution in [2.24, 2.45) is 5.73 Å². The summed E-state index contributed by atoms with van der Waals surface area (Å²) >= 11 is 1.40. The van der Waals surface area contributed by atoms with E-state index in [-0.39, 0.29) is 19.3 Å². The van der Waals surface area contributed by atoms with Crippen molar-refractivity contribution < 1.29 is 38.6 Å². The average Bonchev–Trinajstić information content (AvgIpc) is 3.43. The molecule has 50 heavy (non-hydrogen) atoms. The van der Waals surface area contributed by atoms with Gasteiger partial charge in [-0.05, 0) is 63.3 Å². The molecule has 1 aromatic heterocycles. The number of benzene rings is 2. The number of carboxylic acid groups (broad SMARTS) is 1. The Labute approximate surface area is 295 Å². The number of aliphatic carboxylic acids is 1. The number of para-hydroxylation sites is 1. The number of amides is 5. The minimum atomic E-state index is -1.63. The Hall–Kier alpha value is -5.05. The van der Waals surface area contributed by atoms with Gasteiger partial charge in [0.2, 0.25) is 23.6 Å². The number of carboxylic acids is 1. The molecular weight excluding hydrogens is 664 g/mol. The van der Waals surface area contributed by atoms with E-state index in [4.69, 9.17) is 10.5 Å². The highest BCUT2D eigenvalue weighted by Gasteiger charge is 2.40. The fraction of sp³-hybridized carbons (Fsp3) is 0.429. The molecule has 3 rings (SSSR count). The van der Waals surface area contributed by atoms with Crippen molar-refractivity contribution in [3.8, 4) is 0 Å². The second-order valence-corrected chi connectivity index (χ2v) is 14.1. The van der Waals surface area contributed by atoms with Crippen LogP contribution in [0.25, 0.3) is 10.9 Å². The molecule has 0 radical (unpaired) electrons. The lowest BCUT2D eigenvalue weighted by Gasteiger charge is -2.33. The Balaban J connectivity index is 1.86. The summed E-state index contributed by atoms with van der Waals surface area (Å²) in [5, 5.41) is 20.7. The minimum Gasteiger partial charge on any atom is -0.481 e. The van der Waals surface area contributed by atoms with Crippen LogP contribution >= 0.6 is 11.8 Å². The number of hydrogen-bond donors (Lipinski definition) is 7. The standard InChI is InChI=1S/C35H46N6O8S/c1-34(2,3)49-33(48)41-35(4,19-22-20-37-24-14-10-9-13-23(22)24)32(47)40-25(15-16-50-5)30(45)39-27(18-28(42)43)31(46)38-26(29(36)44)17-21-11-7-6-8-12-21/h6-14,20,25-27,37H,15-19H2,1-5H3,(H2,36,44)(H,38,46)(H,39,45)(H,40,47)(H,41,48)(H,42,43)/t25-,26-,27-,35?/m0/s1. The van der Waals surface area contributed by atoms with Crippen molar-refractivity contribution in [1.82, 2.24) is 26.3 Å². The molecule has 0 saturated heterocycles. The number of nitrogens with one attached hydrogen (secondary N) is 5. The largest absolute Gasteiger partial charge is 0.481 e. The number of carbonyl (C=O) groups is 6. The third-order valence-corrected chi connectivity index (χ3v) is 8.33. The number of nitrogens with two attached hydrogens (primary N) is 1. The van der Waals surface area contributed by atoms with Gasteiger partial charge >= 0.3 is 12.1 Å². The smallest absolute Gasteiger partial charge is 0.408 e. The summed E-state index contributed by atoms with van der Waals surface area (Å²) < 4.78 is 5.46. The number of hydrogen-bond acceptors (Lipinski definition) is 8. The molecule has 2 aromatic carbocycles. The lowest BCUT2D eigenvalue weighted by atomic mass is 9.91. The molecule has 1 unspecified atom stereocenters. The monoisotopic (exact) mass is 710 g/mol. The number of aromatic amines is 1. The number of rotatable bonds is 17. The zero-order valence-electron chi connectivity index (χ0n) is 28.8. The second-order valence-electron chi connectivity index (χ2n) is 13.1. The maximum absolute atomic E-state index is 14.1. The maximum Gasteiger partial charge on any atom is 0.408 e. The molecule has 0 saturated carbocycles. The zero-order valence-corrected chi connectivity index (χ0v) is 29.6. The van der Waals surface area contributed by atoms with E-state index in [1.54, 1.807) is 63.6 Å². The van der Waals surface area contributed by atoms with Gasteiger partial charge in [0.05, 0.1) is 6.42 Å². The van der Waals surface area contributed by atoms with Crippen LogP contribution in [0.4, 0.5) is 4.79 Å². The number of H-pyrrole nitrogens is 1. The van der Waals surface area contributed by atoms with Crippen molar-refractivity contribution in [2.45, 2.75) is 82.6 Å². The summed E-state index contributed by atoms with van der Waals surface area (Å²) in [6.07, 6.45) is 2.04. The zero-order chi connectivity index (χ0) is 37.1. The van der Waals surface area contributed by atoms with Gasteiger partial charge in [0, 0.05) is 29.9 Å². The van der Waals surface area contributed by atoms with E-state index in [1.807, 2.05) is 24.3 Å². The summed E-state index contributed by atoms with van der Waals surface area (Å²) in [7, 11) is 0. The fourth-order valence-electron chi connectivity index (χ4n) is 5.19. The summed E-state index contributed by atoms with van der Waals surface area (Å²) in [4.78, 5) is 81.2. The lowest BCUT2D eigenvalue weighted by Crippen LogP contribution is -2.63. The first kappa shape index (κ1) is 39.4. The van der Waals surface area contributed by atoms with E-state index in [0.717, 1.165) is 16.5 Å². The molecule has 3 aromatic rings. The summed E-state index contributed by atoms with van der Waals surface area (Å²) in [6.45, 7) is 6.56. The number of carbonyl (C=O) groups excluding carboxylic acids is 5. The Bertz CT molecular complexity index is 1670. The first-order valence-electron chi connectivity index (χ1n) is 16.0. The molecule has 0 aliphatic rings. The van der Waals surface area contributed by atoms with Crippen molar-refractivity contribution in [3.05, 3.63) is 71.9 Å². The lowest BCUT2D eigenvalue weighted by molar-refractivity contribution is -0.141. The van der Waals surface area contributed by atoms with Gasteiger partial charge in [-0.2, -0.15) is 11.8 Å². The normalized spacial score (nSPS) is 14.3. The van der Waals surface area contributed by atoms with E-state index < -0.39 is 71.4 Å². The number of aromatic nitrogens is 1. The van der Waals surface area contributed by atoms with Crippen molar-refractivity contribution in [3.63, 3.8) is 0 Å². The molecule has 0 aliphatic carbocycles. The molecule has 15 heteroatoms. The Morgan fingerprint density at radius 3 is 2.12 bits per heavy atom. The third kappa shape index (κ3) is 11.8. The van der Waals surface area contributed by atoms with E-state index in [0.29, 0.717) is 11.3 Å². The minimum absolute atomic E-state index is 0.0128. The van der Waals surface area contributed by atoms with Crippen LogP contribution in [0.2, 0.25) is 0 Å². The van der Waals surface area contributed by atoms with Gasteiger partial charge in [0.15, 0.2) is 0 Å². The SMILES string of the molecule is CSCC[C@H](NC(=O)C(C)(Cc1c[nH]c2ccccc12)NC(=O)OC(C)(C)C)C(=O)N[C@@H](CC(=O)O)C(=O)N[C@@H](Cc1ccccc1)C(N)=O. The van der Waals surface area contributed by atoms with Gasteiger partial charge in [0.1, 0.15) is 29.3 Å². The van der Waals surface area contributed by atoms with E-state index in [9.17, 15) is 33.9 Å². The highest BCUT2D eigenvalue weighted by Crippen LogP contribution is 2.24. The third-order valence-electron chi connectivity index (χ3n) is 7.68. The molecular formula is C35H46N6O8S. The van der Waals surface area contributed by atoms with Crippen LogP contribution in [0.5, 0.6) is 0 Å². The molecule has 0 bridgehead atoms. The molecule has 0 fully saturated rings. The molecule has 14 nitrogen and oxygen atoms in total. The van der Waals surface area contributed by atoms with Crippen LogP contribution < -0.4 is 27.0 Å². The summed E-state index contributed by atoms with van der Waals surface area (Å²) in [5.74, 6) is -4.31. The fourth-order valence-corrected chi connectivity index (χ4v) is 5.66. The molecule has 5 amide bonds. The highest BCUT2D eigenvalue weighted by atomic mass is 32.2. The van der Waals surface area contributed by atoms with Crippen LogP contribution in [0, 0.1) is 0 Å². The number of thioether (sulfide) groups is 1. The predicted octanol–water partition coefficient (Wildman–Crippen LogP) is 2.40. The maximum atomic E-state index is 14.1. The van der Waals surface area contributed by atoms with Crippen LogP contribution in [-0.4, -0.2) is 87.1 Å². The molecule has 0 spiro atoms. The van der Waals surface area contributed by atoms with Gasteiger partial charge in [-0.15, -0.1) is 0 Å². The Morgan fingerprint density at radius 2 is 1.50 bits per heavy atom. The highest BCUT2D eigenvalue weighted by molar-refractivity contribution is 7.98. The van der Waals surface area contributed by atoms with Gasteiger partial charge in [-0.1, -0.05) is 48.5 Å². The average molecular weight is 711 g/mol. The molecule has 8 N–H and O–H groups in total. The van der Waals surface area contributed by atoms with Crippen LogP contribution in [0.1, 0.15) is 51.7 Å². The number of primary amides is 1. The molecule has 270 valence electrons. The summed E-state index contributed by atoms with van der Waals surface area (Å²) in [5.41, 5.74) is 5.28. The van der Waals surface area contributed by atoms with Crippen LogP contribution in [0.15, 0.2) is 60.8 Å².